The zero-order chi connectivity index (χ0) is 15.2. The van der Waals surface area contributed by atoms with E-state index in [-0.39, 0.29) is 12.2 Å². The van der Waals surface area contributed by atoms with E-state index in [1.165, 1.54) is 30.5 Å². The third kappa shape index (κ3) is 3.92. The maximum Gasteiger partial charge on any atom is 0.335 e. The van der Waals surface area contributed by atoms with E-state index in [9.17, 15) is 9.18 Å². The van der Waals surface area contributed by atoms with Crippen LogP contribution in [0.5, 0.6) is 11.5 Å². The topological polar surface area (TPSA) is 68.7 Å². The van der Waals surface area contributed by atoms with Crippen LogP contribution in [0.4, 0.5) is 4.39 Å². The maximum absolute atomic E-state index is 13.0. The molecule has 0 amide bonds. The van der Waals surface area contributed by atoms with E-state index in [1.54, 1.807) is 6.92 Å². The van der Waals surface area contributed by atoms with E-state index in [4.69, 9.17) is 14.6 Å². The van der Waals surface area contributed by atoms with Crippen LogP contribution in [0.2, 0.25) is 0 Å². The molecule has 5 nitrogen and oxygen atoms in total. The largest absolute Gasteiger partial charge is 0.490 e. The van der Waals surface area contributed by atoms with Gasteiger partial charge in [-0.15, -0.1) is 0 Å². The first-order chi connectivity index (χ1) is 10.1. The lowest BCUT2D eigenvalue weighted by atomic mass is 10.2. The number of hydrogen-bond donors (Lipinski definition) is 1. The second-order valence-corrected chi connectivity index (χ2v) is 4.20. The number of aromatic nitrogens is 1. The van der Waals surface area contributed by atoms with Gasteiger partial charge < -0.3 is 14.6 Å². The van der Waals surface area contributed by atoms with E-state index in [1.807, 2.05) is 0 Å². The molecule has 0 saturated heterocycles. The summed E-state index contributed by atoms with van der Waals surface area (Å²) in [7, 11) is 0. The average molecular weight is 291 g/mol. The summed E-state index contributed by atoms with van der Waals surface area (Å²) in [5.74, 6) is -0.757. The Balaban J connectivity index is 2.16. The van der Waals surface area contributed by atoms with Gasteiger partial charge in [0, 0.05) is 11.8 Å². The summed E-state index contributed by atoms with van der Waals surface area (Å²) in [5.41, 5.74) is 0.679. The van der Waals surface area contributed by atoms with Crippen LogP contribution in [-0.4, -0.2) is 22.7 Å². The molecule has 0 unspecified atom stereocenters. The molecule has 110 valence electrons. The fraction of sp³-hybridized carbons (Fsp3) is 0.200. The van der Waals surface area contributed by atoms with Crippen molar-refractivity contribution in [1.82, 2.24) is 4.98 Å². The summed E-state index contributed by atoms with van der Waals surface area (Å²) in [4.78, 5) is 14.7. The van der Waals surface area contributed by atoms with E-state index in [0.29, 0.717) is 23.7 Å². The van der Waals surface area contributed by atoms with Crippen LogP contribution in [0, 0.1) is 5.82 Å². The molecule has 0 aliphatic heterocycles. The minimum atomic E-state index is -1.04. The van der Waals surface area contributed by atoms with Gasteiger partial charge in [0.2, 0.25) is 0 Å². The Morgan fingerprint density at radius 2 is 2.05 bits per heavy atom. The SMILES string of the molecule is CCOc1cc(C(=O)O)ccc1OCc1cncc(F)c1. The molecular formula is C15H14FNO4. The molecule has 0 radical (unpaired) electrons. The quantitative estimate of drug-likeness (QED) is 0.886. The average Bonchev–Trinajstić information content (AvgIpc) is 2.46. The summed E-state index contributed by atoms with van der Waals surface area (Å²) in [6.07, 6.45) is 2.60. The zero-order valence-electron chi connectivity index (χ0n) is 11.4. The number of carboxylic acids is 1. The third-order valence-electron chi connectivity index (χ3n) is 2.65. The lowest BCUT2D eigenvalue weighted by molar-refractivity contribution is 0.0696. The molecule has 0 atom stereocenters. The highest BCUT2D eigenvalue weighted by Gasteiger charge is 2.11. The molecule has 1 aromatic heterocycles. The first kappa shape index (κ1) is 14.8. The molecule has 0 aliphatic rings. The van der Waals surface area contributed by atoms with Crippen LogP contribution in [-0.2, 0) is 6.61 Å². The van der Waals surface area contributed by atoms with Gasteiger partial charge in [0.1, 0.15) is 12.4 Å². The highest BCUT2D eigenvalue weighted by Crippen LogP contribution is 2.29. The van der Waals surface area contributed by atoms with Crippen LogP contribution >= 0.6 is 0 Å². The standard InChI is InChI=1S/C15H14FNO4/c1-2-20-14-6-11(15(18)19)3-4-13(14)21-9-10-5-12(16)8-17-7-10/h3-8H,2,9H2,1H3,(H,18,19). The van der Waals surface area contributed by atoms with Crippen molar-refractivity contribution in [3.05, 3.63) is 53.6 Å². The van der Waals surface area contributed by atoms with Crippen molar-refractivity contribution < 1.29 is 23.8 Å². The molecule has 0 spiro atoms. The summed E-state index contributed by atoms with van der Waals surface area (Å²) >= 11 is 0. The minimum Gasteiger partial charge on any atom is -0.490 e. The fourth-order valence-corrected chi connectivity index (χ4v) is 1.72. The van der Waals surface area contributed by atoms with Gasteiger partial charge in [-0.25, -0.2) is 9.18 Å². The number of benzene rings is 1. The number of carboxylic acid groups (broad SMARTS) is 1. The van der Waals surface area contributed by atoms with E-state index in [2.05, 4.69) is 4.98 Å². The molecule has 0 saturated carbocycles. The van der Waals surface area contributed by atoms with Gasteiger partial charge in [-0.1, -0.05) is 0 Å². The Morgan fingerprint density at radius 1 is 1.24 bits per heavy atom. The van der Waals surface area contributed by atoms with Crippen molar-refractivity contribution in [1.29, 1.82) is 0 Å². The van der Waals surface area contributed by atoms with Gasteiger partial charge in [0.05, 0.1) is 18.4 Å². The summed E-state index contributed by atoms with van der Waals surface area (Å²) < 4.78 is 23.9. The minimum absolute atomic E-state index is 0.108. The van der Waals surface area contributed by atoms with Crippen molar-refractivity contribution in [2.24, 2.45) is 0 Å². The van der Waals surface area contributed by atoms with Crippen molar-refractivity contribution in [2.45, 2.75) is 13.5 Å². The molecule has 1 aromatic carbocycles. The highest BCUT2D eigenvalue weighted by molar-refractivity contribution is 5.88. The van der Waals surface area contributed by atoms with Crippen LogP contribution in [0.25, 0.3) is 0 Å². The first-order valence-corrected chi connectivity index (χ1v) is 6.32. The Bertz CT molecular complexity index is 645. The second kappa shape index (κ2) is 6.69. The zero-order valence-corrected chi connectivity index (χ0v) is 11.4. The molecule has 0 aliphatic carbocycles. The third-order valence-corrected chi connectivity index (χ3v) is 2.65. The van der Waals surface area contributed by atoms with Crippen molar-refractivity contribution in [3.63, 3.8) is 0 Å². The number of carbonyl (C=O) groups is 1. The lowest BCUT2D eigenvalue weighted by Crippen LogP contribution is -2.03. The maximum atomic E-state index is 13.0. The summed E-state index contributed by atoms with van der Waals surface area (Å²) in [5, 5.41) is 8.96. The van der Waals surface area contributed by atoms with Gasteiger partial charge >= 0.3 is 5.97 Å². The van der Waals surface area contributed by atoms with E-state index < -0.39 is 11.8 Å². The Hall–Kier alpha value is -2.63. The molecule has 21 heavy (non-hydrogen) atoms. The molecule has 6 heteroatoms. The van der Waals surface area contributed by atoms with Gasteiger partial charge in [0.15, 0.2) is 11.5 Å². The predicted molar refractivity (Wildman–Crippen MR) is 73.1 cm³/mol. The number of aromatic carboxylic acids is 1. The van der Waals surface area contributed by atoms with Crippen LogP contribution in [0.3, 0.4) is 0 Å². The number of pyridine rings is 1. The highest BCUT2D eigenvalue weighted by atomic mass is 19.1. The van der Waals surface area contributed by atoms with Crippen LogP contribution in [0.15, 0.2) is 36.7 Å². The van der Waals surface area contributed by atoms with E-state index in [0.717, 1.165) is 6.20 Å². The fourth-order valence-electron chi connectivity index (χ4n) is 1.72. The molecule has 2 rings (SSSR count). The number of nitrogens with zero attached hydrogens (tertiary/aromatic N) is 1. The van der Waals surface area contributed by atoms with Gasteiger partial charge in [-0.05, 0) is 31.2 Å². The Labute approximate surface area is 121 Å². The smallest absolute Gasteiger partial charge is 0.335 e. The van der Waals surface area contributed by atoms with Crippen LogP contribution < -0.4 is 9.47 Å². The number of rotatable bonds is 6. The molecule has 1 N–H and O–H groups in total. The normalized spacial score (nSPS) is 10.2. The Morgan fingerprint density at radius 3 is 2.71 bits per heavy atom. The van der Waals surface area contributed by atoms with Gasteiger partial charge in [-0.2, -0.15) is 0 Å². The first-order valence-electron chi connectivity index (χ1n) is 6.32. The van der Waals surface area contributed by atoms with Gasteiger partial charge in [-0.3, -0.25) is 4.98 Å². The van der Waals surface area contributed by atoms with Crippen molar-refractivity contribution in [2.75, 3.05) is 6.61 Å². The Kier molecular flexibility index (Phi) is 4.71. The number of ether oxygens (including phenoxy) is 2. The lowest BCUT2D eigenvalue weighted by Gasteiger charge is -2.12. The molecule has 0 fully saturated rings. The van der Waals surface area contributed by atoms with Gasteiger partial charge in [0.25, 0.3) is 0 Å². The van der Waals surface area contributed by atoms with Crippen molar-refractivity contribution >= 4 is 5.97 Å². The van der Waals surface area contributed by atoms with E-state index >= 15 is 0 Å². The number of halogens is 1. The monoisotopic (exact) mass is 291 g/mol. The summed E-state index contributed by atoms with van der Waals surface area (Å²) in [6, 6.07) is 5.65. The van der Waals surface area contributed by atoms with Crippen LogP contribution in [0.1, 0.15) is 22.8 Å². The molecular weight excluding hydrogens is 277 g/mol. The molecule has 2 aromatic rings. The second-order valence-electron chi connectivity index (χ2n) is 4.20. The number of hydrogen-bond acceptors (Lipinski definition) is 4. The molecule has 1 heterocycles. The summed E-state index contributed by atoms with van der Waals surface area (Å²) in [6.45, 7) is 2.27. The molecule has 0 bridgehead atoms. The van der Waals surface area contributed by atoms with Crippen molar-refractivity contribution in [3.8, 4) is 11.5 Å². The predicted octanol–water partition coefficient (Wildman–Crippen LogP) is 2.90.